The number of nitrogens with zero attached hydrogens (tertiary/aromatic N) is 3. The zero-order valence-electron chi connectivity index (χ0n) is 9.95. The number of hydrogen-bond acceptors (Lipinski definition) is 6. The van der Waals surface area contributed by atoms with Crippen LogP contribution in [-0.4, -0.2) is 15.1 Å². The Morgan fingerprint density at radius 1 is 1.00 bits per heavy atom. The molecule has 0 aliphatic rings. The Kier molecular flexibility index (Phi) is 2.60. The summed E-state index contributed by atoms with van der Waals surface area (Å²) in [4.78, 5) is 8.44. The van der Waals surface area contributed by atoms with Crippen LogP contribution in [0.25, 0.3) is 23.0 Å². The zero-order chi connectivity index (χ0) is 13.2. The summed E-state index contributed by atoms with van der Waals surface area (Å²) in [6.07, 6.45) is 1.67. The molecule has 3 aromatic rings. The number of hydrogen-bond donors (Lipinski definition) is 2. The summed E-state index contributed by atoms with van der Waals surface area (Å²) in [6.45, 7) is 0. The number of rotatable bonds is 2. The molecule has 2 aromatic heterocycles. The molecule has 0 aliphatic heterocycles. The Balaban J connectivity index is 2.02. The van der Waals surface area contributed by atoms with Gasteiger partial charge in [-0.2, -0.15) is 4.98 Å². The van der Waals surface area contributed by atoms with E-state index in [-0.39, 0.29) is 0 Å². The minimum atomic E-state index is 0.361. The number of benzene rings is 1. The van der Waals surface area contributed by atoms with Crippen molar-refractivity contribution in [1.82, 2.24) is 15.1 Å². The molecule has 0 spiro atoms. The number of anilines is 2. The molecule has 94 valence electrons. The smallest absolute Gasteiger partial charge is 0.258 e. The van der Waals surface area contributed by atoms with Crippen LogP contribution in [0.4, 0.5) is 11.4 Å². The van der Waals surface area contributed by atoms with E-state index in [1.807, 2.05) is 18.2 Å². The van der Waals surface area contributed by atoms with Crippen LogP contribution in [0.1, 0.15) is 0 Å². The van der Waals surface area contributed by atoms with Crippen LogP contribution < -0.4 is 11.5 Å². The summed E-state index contributed by atoms with van der Waals surface area (Å²) in [7, 11) is 0. The molecule has 0 saturated heterocycles. The lowest BCUT2D eigenvalue weighted by Gasteiger charge is -1.99. The first-order valence-corrected chi connectivity index (χ1v) is 5.64. The van der Waals surface area contributed by atoms with Gasteiger partial charge in [0, 0.05) is 23.1 Å². The van der Waals surface area contributed by atoms with Gasteiger partial charge in [-0.25, -0.2) is 0 Å². The molecule has 0 atom stereocenters. The Hall–Kier alpha value is -2.89. The molecule has 3 rings (SSSR count). The summed E-state index contributed by atoms with van der Waals surface area (Å²) in [5.74, 6) is 0.788. The second-order valence-corrected chi connectivity index (χ2v) is 4.03. The van der Waals surface area contributed by atoms with Gasteiger partial charge < -0.3 is 16.0 Å². The molecule has 1 aromatic carbocycles. The van der Waals surface area contributed by atoms with Crippen molar-refractivity contribution in [2.45, 2.75) is 0 Å². The molecule has 0 bridgehead atoms. The highest BCUT2D eigenvalue weighted by molar-refractivity contribution is 5.68. The van der Waals surface area contributed by atoms with Crippen LogP contribution in [0.2, 0.25) is 0 Å². The van der Waals surface area contributed by atoms with E-state index in [4.69, 9.17) is 16.0 Å². The van der Waals surface area contributed by atoms with Crippen molar-refractivity contribution in [3.63, 3.8) is 0 Å². The molecule has 0 fully saturated rings. The number of nitrogens with two attached hydrogens (primary N) is 2. The van der Waals surface area contributed by atoms with E-state index < -0.39 is 0 Å². The second kappa shape index (κ2) is 4.41. The van der Waals surface area contributed by atoms with Crippen LogP contribution >= 0.6 is 0 Å². The Bertz CT molecular complexity index is 688. The average molecular weight is 253 g/mol. The molecule has 4 N–H and O–H groups in total. The lowest BCUT2D eigenvalue weighted by molar-refractivity contribution is 0.432. The number of aromatic nitrogens is 3. The van der Waals surface area contributed by atoms with Crippen LogP contribution in [-0.2, 0) is 0 Å². The monoisotopic (exact) mass is 253 g/mol. The maximum atomic E-state index is 5.73. The Morgan fingerprint density at radius 3 is 2.47 bits per heavy atom. The molecule has 6 nitrogen and oxygen atoms in total. The van der Waals surface area contributed by atoms with Crippen molar-refractivity contribution in [1.29, 1.82) is 0 Å². The summed E-state index contributed by atoms with van der Waals surface area (Å²) in [6, 6.07) is 10.6. The summed E-state index contributed by atoms with van der Waals surface area (Å²) < 4.78 is 5.20. The van der Waals surface area contributed by atoms with Gasteiger partial charge in [0.05, 0.1) is 0 Å². The predicted molar refractivity (Wildman–Crippen MR) is 71.8 cm³/mol. The van der Waals surface area contributed by atoms with Gasteiger partial charge in [-0.1, -0.05) is 11.2 Å². The lowest BCUT2D eigenvalue weighted by Crippen LogP contribution is -1.91. The van der Waals surface area contributed by atoms with E-state index in [1.54, 1.807) is 24.4 Å². The van der Waals surface area contributed by atoms with Crippen LogP contribution in [0.5, 0.6) is 0 Å². The predicted octanol–water partition coefficient (Wildman–Crippen LogP) is 1.96. The highest BCUT2D eigenvalue weighted by Gasteiger charge is 2.11. The van der Waals surface area contributed by atoms with Crippen molar-refractivity contribution in [3.8, 4) is 23.0 Å². The minimum Gasteiger partial charge on any atom is -0.399 e. The van der Waals surface area contributed by atoms with E-state index in [1.165, 1.54) is 0 Å². The third-order valence-corrected chi connectivity index (χ3v) is 2.54. The van der Waals surface area contributed by atoms with Crippen molar-refractivity contribution in [3.05, 3.63) is 42.6 Å². The highest BCUT2D eigenvalue weighted by atomic mass is 16.5. The molecule has 6 heteroatoms. The molecule has 19 heavy (non-hydrogen) atoms. The quantitative estimate of drug-likeness (QED) is 0.676. The van der Waals surface area contributed by atoms with Gasteiger partial charge in [-0.3, -0.25) is 4.98 Å². The number of pyridine rings is 1. The number of nitrogen functional groups attached to an aromatic ring is 2. The second-order valence-electron chi connectivity index (χ2n) is 4.03. The van der Waals surface area contributed by atoms with Gasteiger partial charge in [0.1, 0.15) is 5.69 Å². The topological polar surface area (TPSA) is 104 Å². The molecular formula is C13H11N5O. The van der Waals surface area contributed by atoms with Gasteiger partial charge >= 0.3 is 0 Å². The van der Waals surface area contributed by atoms with Crippen LogP contribution in [0, 0.1) is 0 Å². The van der Waals surface area contributed by atoms with Gasteiger partial charge in [-0.15, -0.1) is 0 Å². The fourth-order valence-corrected chi connectivity index (χ4v) is 1.74. The van der Waals surface area contributed by atoms with E-state index in [0.29, 0.717) is 34.3 Å². The van der Waals surface area contributed by atoms with Crippen molar-refractivity contribution in [2.75, 3.05) is 11.5 Å². The van der Waals surface area contributed by atoms with E-state index in [0.717, 1.165) is 0 Å². The van der Waals surface area contributed by atoms with Gasteiger partial charge in [0.25, 0.3) is 5.89 Å². The summed E-state index contributed by atoms with van der Waals surface area (Å²) in [5.41, 5.74) is 13.9. The Labute approximate surface area is 109 Å². The molecule has 0 aliphatic carbocycles. The van der Waals surface area contributed by atoms with Crippen LogP contribution in [0.15, 0.2) is 47.1 Å². The van der Waals surface area contributed by atoms with E-state index >= 15 is 0 Å². The first kappa shape index (κ1) is 11.2. The van der Waals surface area contributed by atoms with Crippen LogP contribution in [0.3, 0.4) is 0 Å². The molecular weight excluding hydrogens is 242 g/mol. The van der Waals surface area contributed by atoms with Gasteiger partial charge in [0.15, 0.2) is 0 Å². The molecule has 0 amide bonds. The third kappa shape index (κ3) is 2.23. The molecule has 2 heterocycles. The van der Waals surface area contributed by atoms with Crippen molar-refractivity contribution >= 4 is 11.4 Å². The van der Waals surface area contributed by atoms with Crippen molar-refractivity contribution in [2.24, 2.45) is 0 Å². The van der Waals surface area contributed by atoms with Gasteiger partial charge in [0.2, 0.25) is 5.82 Å². The molecule has 0 radical (unpaired) electrons. The summed E-state index contributed by atoms with van der Waals surface area (Å²) in [5, 5.41) is 3.89. The fourth-order valence-electron chi connectivity index (χ4n) is 1.74. The normalized spacial score (nSPS) is 10.5. The van der Waals surface area contributed by atoms with E-state index in [9.17, 15) is 0 Å². The molecule has 0 unspecified atom stereocenters. The Morgan fingerprint density at radius 2 is 1.79 bits per heavy atom. The van der Waals surface area contributed by atoms with Gasteiger partial charge in [-0.05, 0) is 30.3 Å². The zero-order valence-corrected chi connectivity index (χ0v) is 9.95. The van der Waals surface area contributed by atoms with E-state index in [2.05, 4.69) is 15.1 Å². The largest absolute Gasteiger partial charge is 0.399 e. The average Bonchev–Trinajstić information content (AvgIpc) is 2.88. The first-order valence-electron chi connectivity index (χ1n) is 5.64. The first-order chi connectivity index (χ1) is 9.22. The lowest BCUT2D eigenvalue weighted by atomic mass is 10.2. The minimum absolute atomic E-state index is 0.361. The SMILES string of the molecule is Nc1cc(N)cc(-c2nc(-c3ccccn3)no2)c1. The standard InChI is InChI=1S/C13H11N5O/c14-9-5-8(6-10(15)7-9)13-17-12(18-19-13)11-3-1-2-4-16-11/h1-7H,14-15H2. The summed E-state index contributed by atoms with van der Waals surface area (Å²) >= 11 is 0. The fraction of sp³-hybridized carbons (Fsp3) is 0. The third-order valence-electron chi connectivity index (χ3n) is 2.54. The highest BCUT2D eigenvalue weighted by Crippen LogP contribution is 2.25. The molecule has 0 saturated carbocycles. The van der Waals surface area contributed by atoms with Crippen molar-refractivity contribution < 1.29 is 4.52 Å². The maximum Gasteiger partial charge on any atom is 0.258 e. The maximum absolute atomic E-state index is 5.73.